The van der Waals surface area contributed by atoms with E-state index in [1.807, 2.05) is 13.8 Å². The predicted octanol–water partition coefficient (Wildman–Crippen LogP) is 7.59. The molecule has 2 atom stereocenters. The first-order valence-corrected chi connectivity index (χ1v) is 12.0. The first-order chi connectivity index (χ1) is 14.1. The number of carbonyl (C=O) groups is 2. The van der Waals surface area contributed by atoms with Crippen molar-refractivity contribution >= 4 is 12.3 Å². The Hall–Kier alpha value is -1.38. The number of esters is 1. The molecule has 0 aromatic carbocycles. The van der Waals surface area contributed by atoms with Crippen molar-refractivity contribution < 1.29 is 14.3 Å². The maximum absolute atomic E-state index is 12.0. The van der Waals surface area contributed by atoms with Gasteiger partial charge in [-0.15, -0.1) is 0 Å². The van der Waals surface area contributed by atoms with Gasteiger partial charge >= 0.3 is 5.97 Å². The first-order valence-electron chi connectivity index (χ1n) is 12.0. The molecule has 0 aliphatic rings. The van der Waals surface area contributed by atoms with E-state index in [0.29, 0.717) is 0 Å². The smallest absolute Gasteiger partial charge is 0.309 e. The zero-order valence-corrected chi connectivity index (χ0v) is 19.5. The molecule has 0 aromatic rings. The highest BCUT2D eigenvalue weighted by Crippen LogP contribution is 2.24. The van der Waals surface area contributed by atoms with Crippen molar-refractivity contribution in [2.75, 3.05) is 0 Å². The van der Waals surface area contributed by atoms with Crippen LogP contribution in [-0.4, -0.2) is 18.4 Å². The van der Waals surface area contributed by atoms with Gasteiger partial charge in [0.25, 0.3) is 0 Å². The highest BCUT2D eigenvalue weighted by molar-refractivity contribution is 5.74. The lowest BCUT2D eigenvalue weighted by molar-refractivity contribution is -0.158. The summed E-state index contributed by atoms with van der Waals surface area (Å²) in [5.74, 6) is -0.298. The van der Waals surface area contributed by atoms with Crippen LogP contribution in [0, 0.1) is 11.8 Å². The molecule has 0 N–H and O–H groups in total. The molecule has 0 aromatic heterocycles. The molecule has 0 saturated carbocycles. The quantitative estimate of drug-likeness (QED) is 0.0960. The number of aldehydes is 1. The van der Waals surface area contributed by atoms with E-state index in [0.717, 1.165) is 57.7 Å². The van der Waals surface area contributed by atoms with Crippen LogP contribution in [-0.2, 0) is 14.3 Å². The molecular formula is C26H46O3. The molecule has 0 amide bonds. The van der Waals surface area contributed by atoms with Crippen LogP contribution in [0.2, 0.25) is 0 Å². The van der Waals surface area contributed by atoms with Crippen LogP contribution in [0.4, 0.5) is 0 Å². The normalized spacial score (nSPS) is 14.0. The first kappa shape index (κ1) is 27.6. The zero-order chi connectivity index (χ0) is 21.7. The lowest BCUT2D eigenvalue weighted by atomic mass is 9.90. The summed E-state index contributed by atoms with van der Waals surface area (Å²) >= 11 is 0. The van der Waals surface area contributed by atoms with E-state index < -0.39 is 6.10 Å². The van der Waals surface area contributed by atoms with Gasteiger partial charge in [-0.25, -0.2) is 0 Å². The summed E-state index contributed by atoms with van der Waals surface area (Å²) in [6.07, 6.45) is 23.8. The monoisotopic (exact) mass is 406 g/mol. The van der Waals surface area contributed by atoms with Gasteiger partial charge in [0.1, 0.15) is 0 Å². The van der Waals surface area contributed by atoms with Crippen molar-refractivity contribution in [1.82, 2.24) is 0 Å². The third kappa shape index (κ3) is 16.1. The average molecular weight is 407 g/mol. The van der Waals surface area contributed by atoms with Crippen molar-refractivity contribution in [2.45, 2.75) is 117 Å². The van der Waals surface area contributed by atoms with Crippen LogP contribution in [0.1, 0.15) is 111 Å². The maximum atomic E-state index is 12.0. The van der Waals surface area contributed by atoms with Gasteiger partial charge in [0.05, 0.1) is 5.92 Å². The molecule has 0 aliphatic carbocycles. The molecule has 0 aliphatic heterocycles. The Morgan fingerprint density at radius 1 is 0.828 bits per heavy atom. The molecule has 3 nitrogen and oxygen atoms in total. The van der Waals surface area contributed by atoms with Crippen LogP contribution in [0.5, 0.6) is 0 Å². The molecule has 0 saturated heterocycles. The van der Waals surface area contributed by atoms with Crippen LogP contribution < -0.4 is 0 Å². The lowest BCUT2D eigenvalue weighted by Crippen LogP contribution is -2.30. The van der Waals surface area contributed by atoms with Gasteiger partial charge < -0.3 is 4.74 Å². The molecular weight excluding hydrogens is 360 g/mol. The Morgan fingerprint density at radius 2 is 1.45 bits per heavy atom. The Bertz CT molecular complexity index is 451. The fourth-order valence-electron chi connectivity index (χ4n) is 3.39. The highest BCUT2D eigenvalue weighted by atomic mass is 16.5. The summed E-state index contributed by atoms with van der Waals surface area (Å²) < 4.78 is 5.52. The zero-order valence-electron chi connectivity index (χ0n) is 19.5. The Labute approximate surface area is 180 Å². The van der Waals surface area contributed by atoms with Crippen molar-refractivity contribution in [1.29, 1.82) is 0 Å². The fraction of sp³-hybridized carbons (Fsp3) is 0.769. The standard InChI is InChI=1S/C26H46O3/c1-5-7-9-11-12-13-14-15-17-19-21-24(20-18-16-10-8-6-2)25(22-27)29-26(28)23(3)4/h7,9,12-13,22-25H,5-6,8,10-11,14-21H2,1-4H3/b9-7+,13-12+. The van der Waals surface area contributed by atoms with Crippen LogP contribution in [0.25, 0.3) is 0 Å². The molecule has 0 bridgehead atoms. The topological polar surface area (TPSA) is 43.4 Å². The predicted molar refractivity (Wildman–Crippen MR) is 124 cm³/mol. The van der Waals surface area contributed by atoms with Gasteiger partial charge in [-0.2, -0.15) is 0 Å². The summed E-state index contributed by atoms with van der Waals surface area (Å²) in [5, 5.41) is 0. The van der Waals surface area contributed by atoms with Gasteiger partial charge in [0.2, 0.25) is 0 Å². The van der Waals surface area contributed by atoms with Crippen molar-refractivity contribution in [3.8, 4) is 0 Å². The van der Waals surface area contributed by atoms with E-state index in [4.69, 9.17) is 4.74 Å². The number of carbonyl (C=O) groups excluding carboxylic acids is 2. The third-order valence-electron chi connectivity index (χ3n) is 5.29. The third-order valence-corrected chi connectivity index (χ3v) is 5.29. The van der Waals surface area contributed by atoms with Crippen LogP contribution >= 0.6 is 0 Å². The number of allylic oxidation sites excluding steroid dienone is 4. The maximum Gasteiger partial charge on any atom is 0.309 e. The van der Waals surface area contributed by atoms with Crippen molar-refractivity contribution in [3.63, 3.8) is 0 Å². The molecule has 0 heterocycles. The fourth-order valence-corrected chi connectivity index (χ4v) is 3.39. The van der Waals surface area contributed by atoms with E-state index >= 15 is 0 Å². The number of hydrogen-bond acceptors (Lipinski definition) is 3. The minimum absolute atomic E-state index is 0.159. The number of hydrogen-bond donors (Lipinski definition) is 0. The second kappa shape index (κ2) is 19.9. The lowest BCUT2D eigenvalue weighted by Gasteiger charge is -2.24. The van der Waals surface area contributed by atoms with Gasteiger partial charge in [-0.1, -0.05) is 96.9 Å². The summed E-state index contributed by atoms with van der Waals surface area (Å²) in [5.41, 5.74) is 0. The minimum atomic E-state index is -0.582. The largest absolute Gasteiger partial charge is 0.454 e. The molecule has 168 valence electrons. The highest BCUT2D eigenvalue weighted by Gasteiger charge is 2.25. The van der Waals surface area contributed by atoms with Gasteiger partial charge in [0, 0.05) is 5.92 Å². The Kier molecular flexibility index (Phi) is 19.0. The van der Waals surface area contributed by atoms with Crippen molar-refractivity contribution in [2.24, 2.45) is 11.8 Å². The van der Waals surface area contributed by atoms with E-state index in [-0.39, 0.29) is 17.8 Å². The summed E-state index contributed by atoms with van der Waals surface area (Å²) in [6, 6.07) is 0. The molecule has 29 heavy (non-hydrogen) atoms. The van der Waals surface area contributed by atoms with E-state index in [1.165, 1.54) is 32.1 Å². The molecule has 0 radical (unpaired) electrons. The van der Waals surface area contributed by atoms with E-state index in [9.17, 15) is 9.59 Å². The summed E-state index contributed by atoms with van der Waals surface area (Å²) in [4.78, 5) is 23.6. The van der Waals surface area contributed by atoms with Gasteiger partial charge in [-0.05, 0) is 38.5 Å². The second-order valence-electron chi connectivity index (χ2n) is 8.38. The molecule has 0 rings (SSSR count). The second-order valence-corrected chi connectivity index (χ2v) is 8.38. The molecule has 2 unspecified atom stereocenters. The Morgan fingerprint density at radius 3 is 2.03 bits per heavy atom. The van der Waals surface area contributed by atoms with Gasteiger partial charge in [0.15, 0.2) is 12.4 Å². The Balaban J connectivity index is 4.36. The van der Waals surface area contributed by atoms with E-state index in [2.05, 4.69) is 38.2 Å². The van der Waals surface area contributed by atoms with Crippen molar-refractivity contribution in [3.05, 3.63) is 24.3 Å². The van der Waals surface area contributed by atoms with Crippen LogP contribution in [0.3, 0.4) is 0 Å². The average Bonchev–Trinajstić information content (AvgIpc) is 2.71. The molecule has 0 spiro atoms. The number of ether oxygens (including phenoxy) is 1. The SMILES string of the molecule is CC/C=C/C/C=C/CCCCCC(CCCCCCC)C(C=O)OC(=O)C(C)C. The van der Waals surface area contributed by atoms with E-state index in [1.54, 1.807) is 0 Å². The number of unbranched alkanes of at least 4 members (excludes halogenated alkanes) is 7. The summed E-state index contributed by atoms with van der Waals surface area (Å²) in [7, 11) is 0. The summed E-state index contributed by atoms with van der Waals surface area (Å²) in [6.45, 7) is 8.00. The molecule has 0 fully saturated rings. The molecule has 3 heteroatoms. The minimum Gasteiger partial charge on any atom is -0.454 e. The van der Waals surface area contributed by atoms with Crippen LogP contribution in [0.15, 0.2) is 24.3 Å². The van der Waals surface area contributed by atoms with Gasteiger partial charge in [-0.3, -0.25) is 9.59 Å². The number of rotatable bonds is 19.